The van der Waals surface area contributed by atoms with Crippen LogP contribution in [0.4, 0.5) is 0 Å². The highest BCUT2D eigenvalue weighted by Crippen LogP contribution is 2.19. The van der Waals surface area contributed by atoms with Crippen molar-refractivity contribution in [2.75, 3.05) is 6.61 Å². The number of rotatable bonds is 6. The van der Waals surface area contributed by atoms with Gasteiger partial charge in [0.05, 0.1) is 13.2 Å². The van der Waals surface area contributed by atoms with E-state index in [1.165, 1.54) is 0 Å². The van der Waals surface area contributed by atoms with Crippen LogP contribution in [-0.4, -0.2) is 22.9 Å². The van der Waals surface area contributed by atoms with Crippen LogP contribution < -0.4 is 0 Å². The molecule has 0 aromatic heterocycles. The monoisotopic (exact) mass is 258 g/mol. The van der Waals surface area contributed by atoms with Crippen molar-refractivity contribution in [3.63, 3.8) is 0 Å². The van der Waals surface area contributed by atoms with Gasteiger partial charge in [-0.2, -0.15) is 0 Å². The van der Waals surface area contributed by atoms with E-state index >= 15 is 0 Å². The Morgan fingerprint density at radius 2 is 1.47 bits per heavy atom. The predicted octanol–water partition coefficient (Wildman–Crippen LogP) is 2.30. The minimum Gasteiger partial charge on any atom is -0.394 e. The van der Waals surface area contributed by atoms with Crippen LogP contribution in [-0.2, 0) is 11.3 Å². The summed E-state index contributed by atoms with van der Waals surface area (Å²) >= 11 is 0. The lowest BCUT2D eigenvalue weighted by molar-refractivity contribution is -0.0723. The zero-order valence-electron chi connectivity index (χ0n) is 10.6. The van der Waals surface area contributed by atoms with Gasteiger partial charge in [0.1, 0.15) is 12.2 Å². The van der Waals surface area contributed by atoms with Crippen LogP contribution >= 0.6 is 0 Å². The van der Waals surface area contributed by atoms with Crippen molar-refractivity contribution >= 4 is 0 Å². The summed E-state index contributed by atoms with van der Waals surface area (Å²) in [7, 11) is 0. The van der Waals surface area contributed by atoms with Crippen molar-refractivity contribution in [1.29, 1.82) is 0 Å². The third kappa shape index (κ3) is 3.89. The molecule has 2 aromatic rings. The van der Waals surface area contributed by atoms with Crippen molar-refractivity contribution in [3.05, 3.63) is 71.8 Å². The fourth-order valence-corrected chi connectivity index (χ4v) is 1.89. The van der Waals surface area contributed by atoms with Gasteiger partial charge in [-0.15, -0.1) is 0 Å². The molecule has 0 aliphatic heterocycles. The van der Waals surface area contributed by atoms with Gasteiger partial charge in [-0.1, -0.05) is 60.7 Å². The van der Waals surface area contributed by atoms with Gasteiger partial charge in [0.15, 0.2) is 0 Å². The Bertz CT molecular complexity index is 470. The van der Waals surface area contributed by atoms with Gasteiger partial charge in [0.2, 0.25) is 0 Å². The van der Waals surface area contributed by atoms with Crippen molar-refractivity contribution < 1.29 is 14.9 Å². The van der Waals surface area contributed by atoms with E-state index in [2.05, 4.69) is 0 Å². The molecule has 0 spiro atoms. The largest absolute Gasteiger partial charge is 0.394 e. The molecule has 0 fully saturated rings. The van der Waals surface area contributed by atoms with Crippen LogP contribution in [0.1, 0.15) is 17.2 Å². The highest BCUT2D eigenvalue weighted by Gasteiger charge is 2.20. The maximum absolute atomic E-state index is 10.2. The minimum atomic E-state index is -0.824. The van der Waals surface area contributed by atoms with E-state index in [1.807, 2.05) is 60.7 Å². The molecule has 0 saturated carbocycles. The highest BCUT2D eigenvalue weighted by atomic mass is 16.5. The molecule has 0 aliphatic carbocycles. The van der Waals surface area contributed by atoms with Gasteiger partial charge in [0, 0.05) is 0 Å². The Balaban J connectivity index is 1.97. The molecule has 3 heteroatoms. The molecule has 0 bridgehead atoms. The van der Waals surface area contributed by atoms with Crippen LogP contribution in [0.15, 0.2) is 60.7 Å². The molecule has 0 heterocycles. The van der Waals surface area contributed by atoms with Gasteiger partial charge in [-0.05, 0) is 11.1 Å². The number of hydrogen-bond donors (Lipinski definition) is 2. The lowest BCUT2D eigenvalue weighted by Gasteiger charge is -2.21. The second-order valence-corrected chi connectivity index (χ2v) is 4.37. The van der Waals surface area contributed by atoms with E-state index < -0.39 is 12.2 Å². The Morgan fingerprint density at radius 3 is 2.05 bits per heavy atom. The summed E-state index contributed by atoms with van der Waals surface area (Å²) in [5, 5.41) is 19.5. The molecule has 19 heavy (non-hydrogen) atoms. The van der Waals surface area contributed by atoms with Gasteiger partial charge in [-0.25, -0.2) is 0 Å². The molecule has 2 unspecified atom stereocenters. The number of aliphatic hydroxyl groups excluding tert-OH is 2. The summed E-state index contributed by atoms with van der Waals surface area (Å²) in [4.78, 5) is 0. The van der Waals surface area contributed by atoms with E-state index in [0.717, 1.165) is 11.1 Å². The Morgan fingerprint density at radius 1 is 0.895 bits per heavy atom. The normalized spacial score (nSPS) is 14.0. The number of benzene rings is 2. The maximum atomic E-state index is 10.2. The zero-order chi connectivity index (χ0) is 13.5. The van der Waals surface area contributed by atoms with Crippen LogP contribution in [0.25, 0.3) is 0 Å². The van der Waals surface area contributed by atoms with Crippen LogP contribution in [0.5, 0.6) is 0 Å². The van der Waals surface area contributed by atoms with Gasteiger partial charge < -0.3 is 14.9 Å². The van der Waals surface area contributed by atoms with Crippen molar-refractivity contribution in [1.82, 2.24) is 0 Å². The maximum Gasteiger partial charge on any atom is 0.111 e. The Hall–Kier alpha value is -1.68. The smallest absolute Gasteiger partial charge is 0.111 e. The Kier molecular flexibility index (Phi) is 5.10. The molecule has 2 N–H and O–H groups in total. The molecule has 3 nitrogen and oxygen atoms in total. The first-order valence-electron chi connectivity index (χ1n) is 6.30. The number of ether oxygens (including phenoxy) is 1. The van der Waals surface area contributed by atoms with Crippen molar-refractivity contribution in [2.24, 2.45) is 0 Å². The SMILES string of the molecule is OCC(OCc1ccccc1)C(O)c1ccccc1. The van der Waals surface area contributed by atoms with E-state index in [-0.39, 0.29) is 6.61 Å². The quantitative estimate of drug-likeness (QED) is 0.836. The van der Waals surface area contributed by atoms with Crippen LogP contribution in [0, 0.1) is 0 Å². The van der Waals surface area contributed by atoms with Gasteiger partial charge in [0.25, 0.3) is 0 Å². The summed E-state index contributed by atoms with van der Waals surface area (Å²) in [6.45, 7) is 0.152. The number of aliphatic hydroxyl groups is 2. The van der Waals surface area contributed by atoms with E-state index in [4.69, 9.17) is 4.74 Å². The molecular formula is C16H18O3. The Labute approximate surface area is 113 Å². The molecule has 100 valence electrons. The van der Waals surface area contributed by atoms with Crippen LogP contribution in [0.3, 0.4) is 0 Å². The molecular weight excluding hydrogens is 240 g/mol. The zero-order valence-corrected chi connectivity index (χ0v) is 10.6. The third-order valence-electron chi connectivity index (χ3n) is 2.98. The highest BCUT2D eigenvalue weighted by molar-refractivity contribution is 5.18. The van der Waals surface area contributed by atoms with Gasteiger partial charge >= 0.3 is 0 Å². The lowest BCUT2D eigenvalue weighted by Crippen LogP contribution is -2.26. The first kappa shape index (κ1) is 13.7. The first-order valence-corrected chi connectivity index (χ1v) is 6.30. The second kappa shape index (κ2) is 7.04. The predicted molar refractivity (Wildman–Crippen MR) is 73.5 cm³/mol. The standard InChI is InChI=1S/C16H18O3/c17-11-15(16(18)14-9-5-2-6-10-14)19-12-13-7-3-1-4-8-13/h1-10,15-18H,11-12H2. The number of hydrogen-bond acceptors (Lipinski definition) is 3. The molecule has 2 aromatic carbocycles. The minimum absolute atomic E-state index is 0.219. The van der Waals surface area contributed by atoms with E-state index in [1.54, 1.807) is 0 Å². The third-order valence-corrected chi connectivity index (χ3v) is 2.98. The molecule has 0 radical (unpaired) electrons. The summed E-state index contributed by atoms with van der Waals surface area (Å²) in [6, 6.07) is 18.9. The first-order chi connectivity index (χ1) is 9.31. The van der Waals surface area contributed by atoms with Crippen molar-refractivity contribution in [3.8, 4) is 0 Å². The van der Waals surface area contributed by atoms with Crippen molar-refractivity contribution in [2.45, 2.75) is 18.8 Å². The molecule has 2 rings (SSSR count). The lowest BCUT2D eigenvalue weighted by atomic mass is 10.0. The summed E-state index contributed by atoms with van der Waals surface area (Å²) in [5.41, 5.74) is 1.76. The fraction of sp³-hybridized carbons (Fsp3) is 0.250. The average Bonchev–Trinajstić information content (AvgIpc) is 2.49. The molecule has 2 atom stereocenters. The van der Waals surface area contributed by atoms with E-state index in [0.29, 0.717) is 6.61 Å². The molecule has 0 aliphatic rings. The topological polar surface area (TPSA) is 49.7 Å². The molecule has 0 saturated heterocycles. The summed E-state index contributed by atoms with van der Waals surface area (Å²) in [6.07, 6.45) is -1.45. The summed E-state index contributed by atoms with van der Waals surface area (Å²) in [5.74, 6) is 0. The van der Waals surface area contributed by atoms with Crippen LogP contribution in [0.2, 0.25) is 0 Å². The van der Waals surface area contributed by atoms with E-state index in [9.17, 15) is 10.2 Å². The fourth-order valence-electron chi connectivity index (χ4n) is 1.89. The van der Waals surface area contributed by atoms with Gasteiger partial charge in [-0.3, -0.25) is 0 Å². The average molecular weight is 258 g/mol. The summed E-state index contributed by atoms with van der Waals surface area (Å²) < 4.78 is 5.59. The second-order valence-electron chi connectivity index (χ2n) is 4.37. The molecule has 0 amide bonds.